The van der Waals surface area contributed by atoms with Gasteiger partial charge in [0.25, 0.3) is 0 Å². The van der Waals surface area contributed by atoms with Crippen LogP contribution in [0.4, 0.5) is 0 Å². The standard InChI is InChI=1S/C5H5N.C2H5ClO/c1-2-4-6-5-3-1;1-2(3)4/h1-5H;2,4H,1H3. The van der Waals surface area contributed by atoms with Gasteiger partial charge in [-0.1, -0.05) is 17.7 Å². The highest BCUT2D eigenvalue weighted by molar-refractivity contribution is 6.19. The third-order valence-corrected chi connectivity index (χ3v) is 0.566. The minimum atomic E-state index is -0.694. The number of hydrogen-bond acceptors (Lipinski definition) is 2. The summed E-state index contributed by atoms with van der Waals surface area (Å²) in [4.78, 5) is 3.78. The van der Waals surface area contributed by atoms with Gasteiger partial charge in [0.2, 0.25) is 0 Å². The van der Waals surface area contributed by atoms with Crippen LogP contribution in [0.15, 0.2) is 30.6 Å². The quantitative estimate of drug-likeness (QED) is 0.584. The van der Waals surface area contributed by atoms with Gasteiger partial charge in [0.15, 0.2) is 0 Å². The Morgan fingerprint density at radius 2 is 1.70 bits per heavy atom. The van der Waals surface area contributed by atoms with Crippen LogP contribution in [0, 0.1) is 0 Å². The molecule has 0 bridgehead atoms. The zero-order valence-corrected chi connectivity index (χ0v) is 6.49. The molecule has 0 aliphatic rings. The molecule has 1 atom stereocenters. The summed E-state index contributed by atoms with van der Waals surface area (Å²) in [7, 11) is 0. The minimum Gasteiger partial charge on any atom is -0.378 e. The van der Waals surface area contributed by atoms with Gasteiger partial charge in [0, 0.05) is 12.4 Å². The summed E-state index contributed by atoms with van der Waals surface area (Å²) in [5.74, 6) is 0. The van der Waals surface area contributed by atoms with Crippen LogP contribution < -0.4 is 0 Å². The van der Waals surface area contributed by atoms with Crippen molar-refractivity contribution >= 4 is 11.6 Å². The lowest BCUT2D eigenvalue weighted by Crippen LogP contribution is -1.79. The Balaban J connectivity index is 0.000000180. The molecule has 3 heteroatoms. The highest BCUT2D eigenvalue weighted by Gasteiger charge is 1.72. The second kappa shape index (κ2) is 6.52. The first kappa shape index (κ1) is 9.40. The summed E-state index contributed by atoms with van der Waals surface area (Å²) in [5, 5.41) is 7.82. The van der Waals surface area contributed by atoms with Crippen molar-refractivity contribution in [1.29, 1.82) is 0 Å². The van der Waals surface area contributed by atoms with Crippen molar-refractivity contribution in [2.75, 3.05) is 0 Å². The molecule has 1 aromatic rings. The number of aliphatic hydroxyl groups excluding tert-OH is 1. The van der Waals surface area contributed by atoms with E-state index in [2.05, 4.69) is 4.98 Å². The SMILES string of the molecule is CC(O)Cl.c1ccncc1. The molecule has 1 unspecified atom stereocenters. The Morgan fingerprint density at radius 3 is 1.80 bits per heavy atom. The number of rotatable bonds is 0. The molecule has 10 heavy (non-hydrogen) atoms. The lowest BCUT2D eigenvalue weighted by atomic mass is 10.5. The molecule has 0 aliphatic heterocycles. The Morgan fingerprint density at radius 1 is 1.30 bits per heavy atom. The monoisotopic (exact) mass is 159 g/mol. The van der Waals surface area contributed by atoms with E-state index in [1.807, 2.05) is 18.2 Å². The molecule has 0 amide bonds. The molecule has 0 aromatic carbocycles. The maximum atomic E-state index is 7.82. The maximum Gasteiger partial charge on any atom is 0.125 e. The smallest absolute Gasteiger partial charge is 0.125 e. The first-order valence-corrected chi connectivity index (χ1v) is 3.34. The molecule has 2 nitrogen and oxygen atoms in total. The molecular weight excluding hydrogens is 150 g/mol. The van der Waals surface area contributed by atoms with Crippen molar-refractivity contribution in [1.82, 2.24) is 4.98 Å². The Labute approximate surface area is 65.5 Å². The molecule has 0 fully saturated rings. The van der Waals surface area contributed by atoms with Crippen molar-refractivity contribution in [2.45, 2.75) is 12.5 Å². The second-order valence-corrected chi connectivity index (χ2v) is 2.23. The average molecular weight is 160 g/mol. The lowest BCUT2D eigenvalue weighted by molar-refractivity contribution is 0.277. The van der Waals surface area contributed by atoms with Gasteiger partial charge < -0.3 is 5.11 Å². The van der Waals surface area contributed by atoms with Gasteiger partial charge >= 0.3 is 0 Å². The average Bonchev–Trinajstić information content (AvgIpc) is 1.90. The van der Waals surface area contributed by atoms with Crippen molar-refractivity contribution in [3.05, 3.63) is 30.6 Å². The predicted molar refractivity (Wildman–Crippen MR) is 41.8 cm³/mol. The fraction of sp³-hybridized carbons (Fsp3) is 0.286. The van der Waals surface area contributed by atoms with E-state index in [-0.39, 0.29) is 0 Å². The van der Waals surface area contributed by atoms with E-state index in [9.17, 15) is 0 Å². The molecule has 1 N–H and O–H groups in total. The van der Waals surface area contributed by atoms with Crippen LogP contribution in [-0.4, -0.2) is 15.7 Å². The van der Waals surface area contributed by atoms with Crippen LogP contribution in [0.25, 0.3) is 0 Å². The summed E-state index contributed by atoms with van der Waals surface area (Å²) < 4.78 is 0. The predicted octanol–water partition coefficient (Wildman–Crippen LogP) is 1.65. The number of pyridine rings is 1. The Bertz CT molecular complexity index is 114. The van der Waals surface area contributed by atoms with Crippen molar-refractivity contribution < 1.29 is 5.11 Å². The number of hydrogen-bond donors (Lipinski definition) is 1. The molecule has 0 aliphatic carbocycles. The third kappa shape index (κ3) is 10.4. The maximum absolute atomic E-state index is 7.82. The lowest BCUT2D eigenvalue weighted by Gasteiger charge is -1.77. The van der Waals surface area contributed by atoms with Crippen LogP contribution in [0.5, 0.6) is 0 Å². The molecular formula is C7H10ClNO. The summed E-state index contributed by atoms with van der Waals surface area (Å²) in [6, 6.07) is 5.72. The fourth-order valence-corrected chi connectivity index (χ4v) is 0.313. The third-order valence-electron chi connectivity index (χ3n) is 0.566. The highest BCUT2D eigenvalue weighted by Crippen LogP contribution is 1.79. The van der Waals surface area contributed by atoms with E-state index < -0.39 is 5.56 Å². The Hall–Kier alpha value is -0.600. The van der Waals surface area contributed by atoms with E-state index >= 15 is 0 Å². The molecule has 0 spiro atoms. The number of nitrogens with zero attached hydrogens (tertiary/aromatic N) is 1. The second-order valence-electron chi connectivity index (χ2n) is 1.60. The van der Waals surface area contributed by atoms with Gasteiger partial charge in [-0.3, -0.25) is 4.98 Å². The van der Waals surface area contributed by atoms with Crippen LogP contribution in [0.3, 0.4) is 0 Å². The number of alkyl halides is 1. The van der Waals surface area contributed by atoms with Crippen LogP contribution in [0.2, 0.25) is 0 Å². The molecule has 1 rings (SSSR count). The minimum absolute atomic E-state index is 0.694. The van der Waals surface area contributed by atoms with Gasteiger partial charge in [-0.05, 0) is 19.1 Å². The summed E-state index contributed by atoms with van der Waals surface area (Å²) in [5.41, 5.74) is -0.694. The molecule has 0 radical (unpaired) electrons. The zero-order valence-electron chi connectivity index (χ0n) is 5.74. The van der Waals surface area contributed by atoms with E-state index in [0.29, 0.717) is 0 Å². The van der Waals surface area contributed by atoms with Crippen LogP contribution in [-0.2, 0) is 0 Å². The molecule has 56 valence electrons. The summed E-state index contributed by atoms with van der Waals surface area (Å²) >= 11 is 4.83. The van der Waals surface area contributed by atoms with Gasteiger partial charge in [0.05, 0.1) is 0 Å². The van der Waals surface area contributed by atoms with Crippen molar-refractivity contribution in [3.63, 3.8) is 0 Å². The Kier molecular flexibility index (Phi) is 6.13. The zero-order chi connectivity index (χ0) is 7.82. The molecule has 0 saturated carbocycles. The number of aliphatic hydroxyl groups is 1. The van der Waals surface area contributed by atoms with Crippen LogP contribution in [0.1, 0.15) is 6.92 Å². The first-order chi connectivity index (χ1) is 4.73. The van der Waals surface area contributed by atoms with Crippen LogP contribution >= 0.6 is 11.6 Å². The first-order valence-electron chi connectivity index (χ1n) is 2.90. The van der Waals surface area contributed by atoms with E-state index in [1.165, 1.54) is 6.92 Å². The van der Waals surface area contributed by atoms with Crippen molar-refractivity contribution in [2.24, 2.45) is 0 Å². The van der Waals surface area contributed by atoms with E-state index in [0.717, 1.165) is 0 Å². The summed E-state index contributed by atoms with van der Waals surface area (Å²) in [6.45, 7) is 1.49. The topological polar surface area (TPSA) is 33.1 Å². The number of halogens is 1. The highest BCUT2D eigenvalue weighted by atomic mass is 35.5. The van der Waals surface area contributed by atoms with Crippen molar-refractivity contribution in [3.8, 4) is 0 Å². The van der Waals surface area contributed by atoms with Gasteiger partial charge in [-0.2, -0.15) is 0 Å². The largest absolute Gasteiger partial charge is 0.378 e. The van der Waals surface area contributed by atoms with Gasteiger partial charge in [-0.25, -0.2) is 0 Å². The number of aromatic nitrogens is 1. The van der Waals surface area contributed by atoms with E-state index in [4.69, 9.17) is 16.7 Å². The molecule has 1 aromatic heterocycles. The normalized spacial score (nSPS) is 11.1. The summed E-state index contributed by atoms with van der Waals surface area (Å²) in [6.07, 6.45) is 3.50. The molecule has 0 saturated heterocycles. The fourth-order valence-electron chi connectivity index (χ4n) is 0.313. The molecule has 1 heterocycles. The van der Waals surface area contributed by atoms with E-state index in [1.54, 1.807) is 12.4 Å². The van der Waals surface area contributed by atoms with Gasteiger partial charge in [-0.15, -0.1) is 0 Å². The van der Waals surface area contributed by atoms with Gasteiger partial charge in [0.1, 0.15) is 5.56 Å².